The molecule has 1 aliphatic rings. The second-order valence-electron chi connectivity index (χ2n) is 2.43. The van der Waals surface area contributed by atoms with Gasteiger partial charge in [-0.25, -0.2) is 0 Å². The van der Waals surface area contributed by atoms with Gasteiger partial charge in [0.2, 0.25) is 6.61 Å². The molecule has 0 aliphatic carbocycles. The molecule has 2 rings (SSSR count). The van der Waals surface area contributed by atoms with E-state index >= 15 is 0 Å². The van der Waals surface area contributed by atoms with E-state index < -0.39 is 0 Å². The van der Waals surface area contributed by atoms with Crippen LogP contribution in [0.1, 0.15) is 6.92 Å². The summed E-state index contributed by atoms with van der Waals surface area (Å²) in [6, 6.07) is 7.56. The van der Waals surface area contributed by atoms with Crippen LogP contribution in [0, 0.1) is 6.61 Å². The number of hydrogen-bond acceptors (Lipinski definition) is 2. The second-order valence-corrected chi connectivity index (χ2v) is 2.43. The van der Waals surface area contributed by atoms with Crippen LogP contribution in [-0.4, -0.2) is 6.10 Å². The third kappa shape index (κ3) is 1.16. The summed E-state index contributed by atoms with van der Waals surface area (Å²) in [4.78, 5) is 0. The third-order valence-corrected chi connectivity index (χ3v) is 1.49. The number of rotatable bonds is 0. The first kappa shape index (κ1) is 6.53. The minimum Gasteiger partial charge on any atom is -0.482 e. The number of fused-ring (bicyclic) bond motifs is 1. The van der Waals surface area contributed by atoms with Gasteiger partial charge in [-0.1, -0.05) is 12.1 Å². The van der Waals surface area contributed by atoms with Gasteiger partial charge in [0.15, 0.2) is 11.5 Å². The molecule has 1 heterocycles. The first-order valence-electron chi connectivity index (χ1n) is 3.54. The molecule has 0 bridgehead atoms. The highest BCUT2D eigenvalue weighted by atomic mass is 16.6. The molecular formula is C9H8O2. The van der Waals surface area contributed by atoms with Crippen molar-refractivity contribution in [2.75, 3.05) is 0 Å². The van der Waals surface area contributed by atoms with Crippen LogP contribution in [0.2, 0.25) is 0 Å². The van der Waals surface area contributed by atoms with Gasteiger partial charge in [0.05, 0.1) is 0 Å². The van der Waals surface area contributed by atoms with E-state index in [9.17, 15) is 0 Å². The van der Waals surface area contributed by atoms with Gasteiger partial charge in [-0.3, -0.25) is 0 Å². The number of ether oxygens (including phenoxy) is 2. The molecule has 2 radical (unpaired) electrons. The van der Waals surface area contributed by atoms with Crippen LogP contribution < -0.4 is 9.47 Å². The minimum atomic E-state index is -0.0788. The summed E-state index contributed by atoms with van der Waals surface area (Å²) in [6.07, 6.45) is -0.0788. The van der Waals surface area contributed by atoms with Crippen LogP contribution in [0.5, 0.6) is 11.5 Å². The summed E-state index contributed by atoms with van der Waals surface area (Å²) >= 11 is 0. The first-order valence-corrected chi connectivity index (χ1v) is 3.54. The van der Waals surface area contributed by atoms with Gasteiger partial charge in [0, 0.05) is 0 Å². The van der Waals surface area contributed by atoms with Crippen molar-refractivity contribution in [1.29, 1.82) is 0 Å². The normalized spacial score (nSPS) is 21.4. The molecule has 0 spiro atoms. The summed E-state index contributed by atoms with van der Waals surface area (Å²) in [7, 11) is 0. The Balaban J connectivity index is 2.34. The Morgan fingerprint density at radius 1 is 1.27 bits per heavy atom. The molecule has 0 aromatic heterocycles. The first-order chi connectivity index (χ1) is 5.36. The Hall–Kier alpha value is -1.18. The standard InChI is InChI=1S/C9H8O2/c1-7-6-10-8-4-2-3-5-9(8)11-7/h2-5,7H,1H3. The molecule has 1 aliphatic heterocycles. The van der Waals surface area contributed by atoms with E-state index in [2.05, 4.69) is 6.61 Å². The highest BCUT2D eigenvalue weighted by Gasteiger charge is 2.17. The van der Waals surface area contributed by atoms with Gasteiger partial charge in [0.1, 0.15) is 6.10 Å². The lowest BCUT2D eigenvalue weighted by Gasteiger charge is -2.21. The van der Waals surface area contributed by atoms with Gasteiger partial charge in [-0.05, 0) is 19.1 Å². The zero-order valence-electron chi connectivity index (χ0n) is 6.20. The SMILES string of the molecule is CC1[C]Oc2ccccc2O1. The molecule has 2 heteroatoms. The largest absolute Gasteiger partial charge is 0.482 e. The smallest absolute Gasteiger partial charge is 0.240 e. The molecule has 1 aromatic rings. The van der Waals surface area contributed by atoms with E-state index in [0.717, 1.165) is 11.5 Å². The van der Waals surface area contributed by atoms with Crippen molar-refractivity contribution in [1.82, 2.24) is 0 Å². The van der Waals surface area contributed by atoms with Crippen LogP contribution in [0.15, 0.2) is 24.3 Å². The zero-order valence-corrected chi connectivity index (χ0v) is 6.20. The Morgan fingerprint density at radius 2 is 2.00 bits per heavy atom. The topological polar surface area (TPSA) is 18.5 Å². The molecule has 2 nitrogen and oxygen atoms in total. The lowest BCUT2D eigenvalue weighted by atomic mass is 10.3. The quantitative estimate of drug-likeness (QED) is 0.559. The van der Waals surface area contributed by atoms with Crippen molar-refractivity contribution in [2.45, 2.75) is 13.0 Å². The Labute approximate surface area is 65.7 Å². The van der Waals surface area contributed by atoms with Crippen molar-refractivity contribution in [3.63, 3.8) is 0 Å². The van der Waals surface area contributed by atoms with Gasteiger partial charge >= 0.3 is 0 Å². The molecule has 1 unspecified atom stereocenters. The number of hydrogen-bond donors (Lipinski definition) is 0. The molecule has 0 N–H and O–H groups in total. The van der Waals surface area contributed by atoms with Crippen molar-refractivity contribution >= 4 is 0 Å². The predicted molar refractivity (Wildman–Crippen MR) is 40.4 cm³/mol. The maximum atomic E-state index is 5.40. The second kappa shape index (κ2) is 2.46. The molecule has 56 valence electrons. The van der Waals surface area contributed by atoms with Gasteiger partial charge < -0.3 is 9.47 Å². The molecule has 1 aromatic carbocycles. The van der Waals surface area contributed by atoms with E-state index in [1.54, 1.807) is 0 Å². The van der Waals surface area contributed by atoms with Gasteiger partial charge in [-0.2, -0.15) is 0 Å². The average molecular weight is 148 g/mol. The molecule has 0 fully saturated rings. The maximum Gasteiger partial charge on any atom is 0.240 e. The molecule has 0 amide bonds. The van der Waals surface area contributed by atoms with E-state index in [1.807, 2.05) is 31.2 Å². The van der Waals surface area contributed by atoms with Crippen molar-refractivity contribution in [2.24, 2.45) is 0 Å². The molecular weight excluding hydrogens is 140 g/mol. The highest BCUT2D eigenvalue weighted by Crippen LogP contribution is 2.31. The van der Waals surface area contributed by atoms with Crippen LogP contribution in [-0.2, 0) is 0 Å². The predicted octanol–water partition coefficient (Wildman–Crippen LogP) is 1.89. The van der Waals surface area contributed by atoms with Crippen LogP contribution in [0.4, 0.5) is 0 Å². The van der Waals surface area contributed by atoms with E-state index in [0.29, 0.717) is 0 Å². The lowest BCUT2D eigenvalue weighted by Crippen LogP contribution is -2.20. The Kier molecular flexibility index (Phi) is 1.46. The monoisotopic (exact) mass is 148 g/mol. The summed E-state index contributed by atoms with van der Waals surface area (Å²) < 4.78 is 10.6. The van der Waals surface area contributed by atoms with Crippen LogP contribution >= 0.6 is 0 Å². The molecule has 0 saturated carbocycles. The summed E-state index contributed by atoms with van der Waals surface area (Å²) in [5, 5.41) is 0. The number of benzene rings is 1. The Morgan fingerprint density at radius 3 is 2.82 bits per heavy atom. The van der Waals surface area contributed by atoms with Gasteiger partial charge in [-0.15, -0.1) is 0 Å². The van der Waals surface area contributed by atoms with Gasteiger partial charge in [0.25, 0.3) is 0 Å². The maximum absolute atomic E-state index is 5.40. The van der Waals surface area contributed by atoms with E-state index in [-0.39, 0.29) is 6.10 Å². The van der Waals surface area contributed by atoms with Crippen molar-refractivity contribution < 1.29 is 9.47 Å². The summed E-state index contributed by atoms with van der Waals surface area (Å²) in [5.74, 6) is 1.53. The highest BCUT2D eigenvalue weighted by molar-refractivity contribution is 5.41. The number of para-hydroxylation sites is 2. The fourth-order valence-corrected chi connectivity index (χ4v) is 0.993. The van der Waals surface area contributed by atoms with Crippen LogP contribution in [0.3, 0.4) is 0 Å². The third-order valence-electron chi connectivity index (χ3n) is 1.49. The van der Waals surface area contributed by atoms with Crippen molar-refractivity contribution in [3.05, 3.63) is 30.9 Å². The fraction of sp³-hybridized carbons (Fsp3) is 0.222. The van der Waals surface area contributed by atoms with Crippen LogP contribution in [0.25, 0.3) is 0 Å². The molecule has 1 atom stereocenters. The van der Waals surface area contributed by atoms with E-state index in [4.69, 9.17) is 9.47 Å². The van der Waals surface area contributed by atoms with E-state index in [1.165, 1.54) is 0 Å². The Bertz CT molecular complexity index is 257. The summed E-state index contributed by atoms with van der Waals surface area (Å²) in [5.41, 5.74) is 0. The average Bonchev–Trinajstić information content (AvgIpc) is 2.04. The summed E-state index contributed by atoms with van der Waals surface area (Å²) in [6.45, 7) is 4.60. The molecule has 11 heavy (non-hydrogen) atoms. The molecule has 0 saturated heterocycles. The lowest BCUT2D eigenvalue weighted by molar-refractivity contribution is 0.153. The van der Waals surface area contributed by atoms with Crippen molar-refractivity contribution in [3.8, 4) is 11.5 Å². The fourth-order valence-electron chi connectivity index (χ4n) is 0.993. The zero-order chi connectivity index (χ0) is 7.68. The minimum absolute atomic E-state index is 0.0788.